The van der Waals surface area contributed by atoms with Gasteiger partial charge in [-0.15, -0.1) is 11.3 Å². The van der Waals surface area contributed by atoms with Gasteiger partial charge >= 0.3 is 11.9 Å². The van der Waals surface area contributed by atoms with E-state index in [1.165, 1.54) is 30.6 Å². The van der Waals surface area contributed by atoms with Crippen molar-refractivity contribution in [1.29, 1.82) is 0 Å². The normalized spacial score (nSPS) is 11.1. The number of carboxylic acid groups (broad SMARTS) is 2. The number of hydrogen-bond donors (Lipinski definition) is 3. The molecular weight excluding hydrogens is 461 g/mol. The fourth-order valence-electron chi connectivity index (χ4n) is 2.34. The van der Waals surface area contributed by atoms with E-state index in [1.807, 2.05) is 0 Å². The fraction of sp³-hybridized carbons (Fsp3) is 0.100. The Balaban J connectivity index is 0.000000390. The van der Waals surface area contributed by atoms with Gasteiger partial charge in [-0.1, -0.05) is 12.1 Å². The number of hydrogen-bond acceptors (Lipinski definition) is 8. The summed E-state index contributed by atoms with van der Waals surface area (Å²) in [7, 11) is -2.10. The van der Waals surface area contributed by atoms with Gasteiger partial charge in [-0.3, -0.25) is 4.98 Å². The second kappa shape index (κ2) is 11.2. The SMILES string of the molecule is CNCc1nc(-c2ccccc2F)c(S(=O)(=O)c2cccnc2)s1.O=C(O)/C=C/C(=O)O. The number of aromatic nitrogens is 2. The highest BCUT2D eigenvalue weighted by Gasteiger charge is 2.28. The van der Waals surface area contributed by atoms with Crippen LogP contribution in [0, 0.1) is 5.82 Å². The van der Waals surface area contributed by atoms with E-state index in [0.29, 0.717) is 23.7 Å². The van der Waals surface area contributed by atoms with E-state index in [0.717, 1.165) is 11.3 Å². The first-order valence-electron chi connectivity index (χ1n) is 8.85. The topological polar surface area (TPSA) is 147 Å². The van der Waals surface area contributed by atoms with Crippen LogP contribution in [-0.2, 0) is 26.0 Å². The van der Waals surface area contributed by atoms with Gasteiger partial charge in [0.2, 0.25) is 9.84 Å². The van der Waals surface area contributed by atoms with Crippen LogP contribution < -0.4 is 5.32 Å². The van der Waals surface area contributed by atoms with Crippen LogP contribution in [0.4, 0.5) is 4.39 Å². The van der Waals surface area contributed by atoms with Gasteiger partial charge in [0, 0.05) is 36.7 Å². The molecule has 0 spiro atoms. The predicted molar refractivity (Wildman–Crippen MR) is 114 cm³/mol. The van der Waals surface area contributed by atoms with Crippen molar-refractivity contribution >= 4 is 33.1 Å². The predicted octanol–water partition coefficient (Wildman–Crippen LogP) is 2.61. The summed E-state index contributed by atoms with van der Waals surface area (Å²) in [6.45, 7) is 0.397. The zero-order valence-electron chi connectivity index (χ0n) is 16.6. The van der Waals surface area contributed by atoms with Crippen LogP contribution in [0.3, 0.4) is 0 Å². The minimum absolute atomic E-state index is 0.0193. The molecule has 0 fully saturated rings. The number of thiazole rings is 1. The zero-order chi connectivity index (χ0) is 23.7. The van der Waals surface area contributed by atoms with Gasteiger partial charge in [0.05, 0.1) is 4.90 Å². The number of nitrogens with zero attached hydrogens (tertiary/aromatic N) is 2. The maximum absolute atomic E-state index is 14.2. The molecule has 0 saturated carbocycles. The van der Waals surface area contributed by atoms with Gasteiger partial charge in [-0.25, -0.2) is 27.4 Å². The maximum Gasteiger partial charge on any atom is 0.328 e. The van der Waals surface area contributed by atoms with E-state index in [9.17, 15) is 22.4 Å². The number of aliphatic carboxylic acids is 2. The second-order valence-corrected chi connectivity index (χ2v) is 9.18. The average molecular weight is 480 g/mol. The van der Waals surface area contributed by atoms with Crippen molar-refractivity contribution in [3.8, 4) is 11.3 Å². The van der Waals surface area contributed by atoms with Crippen LogP contribution in [0.1, 0.15) is 5.01 Å². The summed E-state index contributed by atoms with van der Waals surface area (Å²) in [4.78, 5) is 27.4. The highest BCUT2D eigenvalue weighted by Crippen LogP contribution is 2.36. The van der Waals surface area contributed by atoms with Crippen LogP contribution >= 0.6 is 11.3 Å². The Morgan fingerprint density at radius 2 is 1.78 bits per heavy atom. The van der Waals surface area contributed by atoms with E-state index in [4.69, 9.17) is 10.2 Å². The summed E-state index contributed by atoms with van der Waals surface area (Å²) >= 11 is 1.03. The van der Waals surface area contributed by atoms with Crippen LogP contribution in [0.5, 0.6) is 0 Å². The van der Waals surface area contributed by atoms with E-state index < -0.39 is 27.6 Å². The molecule has 3 aromatic rings. The standard InChI is InChI=1S/C16H14FN3O2S2.C4H4O4/c1-18-10-14-20-15(12-6-2-3-7-13(12)17)16(23-14)24(21,22)11-5-4-8-19-9-11;5-3(6)1-2-4(7)8/h2-9,18H,10H2,1H3;1-2H,(H,5,6)(H,7,8)/b;2-1+. The lowest BCUT2D eigenvalue weighted by Gasteiger charge is -2.05. The van der Waals surface area contributed by atoms with Gasteiger partial charge in [-0.05, 0) is 31.3 Å². The Hall–Kier alpha value is -3.48. The minimum atomic E-state index is -3.83. The van der Waals surface area contributed by atoms with Crippen molar-refractivity contribution in [2.45, 2.75) is 15.6 Å². The van der Waals surface area contributed by atoms with Gasteiger partial charge in [0.15, 0.2) is 4.21 Å². The number of halogens is 1. The summed E-state index contributed by atoms with van der Waals surface area (Å²) in [5.74, 6) is -3.03. The highest BCUT2D eigenvalue weighted by atomic mass is 32.2. The molecule has 0 unspecified atom stereocenters. The molecule has 0 bridgehead atoms. The number of nitrogens with one attached hydrogen (secondary N) is 1. The molecule has 1 aromatic carbocycles. The van der Waals surface area contributed by atoms with Crippen molar-refractivity contribution in [1.82, 2.24) is 15.3 Å². The molecule has 0 saturated heterocycles. The Morgan fingerprint density at radius 1 is 1.12 bits per heavy atom. The van der Waals surface area contributed by atoms with Crippen LogP contribution in [0.25, 0.3) is 11.3 Å². The molecule has 12 heteroatoms. The number of pyridine rings is 1. The summed E-state index contributed by atoms with van der Waals surface area (Å²) in [6.07, 6.45) is 3.89. The molecule has 2 heterocycles. The fourth-order valence-corrected chi connectivity index (χ4v) is 5.25. The molecule has 9 nitrogen and oxygen atoms in total. The lowest BCUT2D eigenvalue weighted by atomic mass is 10.1. The molecule has 0 aliphatic rings. The Bertz CT molecular complexity index is 1210. The summed E-state index contributed by atoms with van der Waals surface area (Å²) < 4.78 is 40.1. The number of rotatable bonds is 7. The molecule has 32 heavy (non-hydrogen) atoms. The largest absolute Gasteiger partial charge is 0.478 e. The van der Waals surface area contributed by atoms with Crippen molar-refractivity contribution in [2.24, 2.45) is 0 Å². The molecule has 0 atom stereocenters. The minimum Gasteiger partial charge on any atom is -0.478 e. The van der Waals surface area contributed by atoms with E-state index in [-0.39, 0.29) is 20.4 Å². The van der Waals surface area contributed by atoms with E-state index >= 15 is 0 Å². The number of benzene rings is 1. The quantitative estimate of drug-likeness (QED) is 0.435. The molecule has 168 valence electrons. The molecular formula is C20H18FN3O6S2. The Morgan fingerprint density at radius 3 is 2.31 bits per heavy atom. The number of carbonyl (C=O) groups is 2. The summed E-state index contributed by atoms with van der Waals surface area (Å²) in [6, 6.07) is 9.02. The Kier molecular flexibility index (Phi) is 8.70. The highest BCUT2D eigenvalue weighted by molar-refractivity contribution is 7.93. The second-order valence-electron chi connectivity index (χ2n) is 5.96. The first kappa shape index (κ1) is 24.8. The Labute approximate surface area is 186 Å². The smallest absolute Gasteiger partial charge is 0.328 e. The average Bonchev–Trinajstić information content (AvgIpc) is 3.18. The molecule has 3 N–H and O–H groups in total. The van der Waals surface area contributed by atoms with Crippen molar-refractivity contribution in [3.63, 3.8) is 0 Å². The third kappa shape index (κ3) is 6.51. The van der Waals surface area contributed by atoms with Crippen LogP contribution in [0.15, 0.2) is 70.0 Å². The molecule has 3 rings (SSSR count). The van der Waals surface area contributed by atoms with Gasteiger partial charge in [0.1, 0.15) is 16.5 Å². The lowest BCUT2D eigenvalue weighted by Crippen LogP contribution is -2.04. The monoisotopic (exact) mass is 479 g/mol. The number of sulfone groups is 1. The van der Waals surface area contributed by atoms with E-state index in [1.54, 1.807) is 25.2 Å². The first-order valence-corrected chi connectivity index (χ1v) is 11.1. The van der Waals surface area contributed by atoms with Gasteiger partial charge in [-0.2, -0.15) is 0 Å². The maximum atomic E-state index is 14.2. The first-order chi connectivity index (χ1) is 15.2. The number of carboxylic acids is 2. The van der Waals surface area contributed by atoms with Gasteiger partial charge in [0.25, 0.3) is 0 Å². The van der Waals surface area contributed by atoms with Crippen LogP contribution in [-0.4, -0.2) is 47.6 Å². The summed E-state index contributed by atoms with van der Waals surface area (Å²) in [5.41, 5.74) is 0.297. The molecule has 0 aliphatic heterocycles. The van der Waals surface area contributed by atoms with Crippen molar-refractivity contribution in [2.75, 3.05) is 7.05 Å². The lowest BCUT2D eigenvalue weighted by molar-refractivity contribution is -0.134. The molecule has 0 aliphatic carbocycles. The van der Waals surface area contributed by atoms with Crippen LogP contribution in [0.2, 0.25) is 0 Å². The third-order valence-corrected chi connectivity index (χ3v) is 6.96. The van der Waals surface area contributed by atoms with Crippen molar-refractivity contribution in [3.05, 3.63) is 71.8 Å². The zero-order valence-corrected chi connectivity index (χ0v) is 18.2. The van der Waals surface area contributed by atoms with E-state index in [2.05, 4.69) is 15.3 Å². The molecule has 0 radical (unpaired) electrons. The summed E-state index contributed by atoms with van der Waals surface area (Å²) in [5, 5.41) is 19.1. The van der Waals surface area contributed by atoms with Gasteiger partial charge < -0.3 is 15.5 Å². The molecule has 2 aromatic heterocycles. The van der Waals surface area contributed by atoms with Crippen molar-refractivity contribution < 1.29 is 32.6 Å². The third-order valence-electron chi connectivity index (χ3n) is 3.65. The molecule has 0 amide bonds.